The van der Waals surface area contributed by atoms with Gasteiger partial charge in [-0.05, 0) is 72.9 Å². The molecule has 0 atom stereocenters. The minimum Gasteiger partial charge on any atom is -0.206 e. The molecule has 0 unspecified atom stereocenters. The van der Waals surface area contributed by atoms with Gasteiger partial charge in [-0.15, -0.1) is 12.3 Å². The molecular formula is C26H19F3. The van der Waals surface area contributed by atoms with Crippen molar-refractivity contribution in [3.05, 3.63) is 82.7 Å². The second-order valence-electron chi connectivity index (χ2n) is 7.50. The van der Waals surface area contributed by atoms with Crippen molar-refractivity contribution in [2.75, 3.05) is 0 Å². The molecule has 0 amide bonds. The Balaban J connectivity index is 1.60. The average molecular weight is 388 g/mol. The highest BCUT2D eigenvalue weighted by Crippen LogP contribution is 2.35. The van der Waals surface area contributed by atoms with E-state index >= 15 is 0 Å². The molecule has 1 aliphatic carbocycles. The minimum absolute atomic E-state index is 0.283. The molecule has 3 aromatic rings. The van der Waals surface area contributed by atoms with Crippen LogP contribution in [0, 0.1) is 47.6 Å². The van der Waals surface area contributed by atoms with Gasteiger partial charge in [-0.3, -0.25) is 0 Å². The lowest BCUT2D eigenvalue weighted by atomic mass is 9.79. The average Bonchev–Trinajstić information content (AvgIpc) is 2.74. The Morgan fingerprint density at radius 2 is 1.48 bits per heavy atom. The van der Waals surface area contributed by atoms with Gasteiger partial charge in [0.05, 0.1) is 5.56 Å². The Morgan fingerprint density at radius 1 is 0.759 bits per heavy atom. The quantitative estimate of drug-likeness (QED) is 0.414. The van der Waals surface area contributed by atoms with Gasteiger partial charge in [0.1, 0.15) is 5.82 Å². The van der Waals surface area contributed by atoms with Gasteiger partial charge in [0.25, 0.3) is 0 Å². The second-order valence-corrected chi connectivity index (χ2v) is 7.50. The summed E-state index contributed by atoms with van der Waals surface area (Å²) < 4.78 is 41.7. The zero-order valence-electron chi connectivity index (χ0n) is 15.8. The Hall–Kier alpha value is -3.17. The highest BCUT2D eigenvalue weighted by molar-refractivity contribution is 5.88. The van der Waals surface area contributed by atoms with Crippen LogP contribution in [0.4, 0.5) is 13.2 Å². The van der Waals surface area contributed by atoms with Gasteiger partial charge >= 0.3 is 0 Å². The predicted molar refractivity (Wildman–Crippen MR) is 110 cm³/mol. The molecule has 1 saturated carbocycles. The van der Waals surface area contributed by atoms with Gasteiger partial charge in [-0.2, -0.15) is 0 Å². The Morgan fingerprint density at radius 3 is 2.21 bits per heavy atom. The van der Waals surface area contributed by atoms with E-state index in [4.69, 9.17) is 6.42 Å². The van der Waals surface area contributed by atoms with E-state index in [0.29, 0.717) is 28.2 Å². The first-order valence-corrected chi connectivity index (χ1v) is 9.70. The molecule has 4 rings (SSSR count). The van der Waals surface area contributed by atoms with Gasteiger partial charge in [-0.1, -0.05) is 30.0 Å². The molecule has 144 valence electrons. The molecule has 1 aliphatic rings. The number of benzene rings is 3. The summed E-state index contributed by atoms with van der Waals surface area (Å²) in [4.78, 5) is 0. The minimum atomic E-state index is -0.929. The van der Waals surface area contributed by atoms with Crippen molar-refractivity contribution >= 4 is 10.8 Å². The van der Waals surface area contributed by atoms with Gasteiger partial charge in [0.2, 0.25) is 0 Å². The van der Waals surface area contributed by atoms with Crippen molar-refractivity contribution in [3.63, 3.8) is 0 Å². The lowest BCUT2D eigenvalue weighted by Gasteiger charge is -2.26. The van der Waals surface area contributed by atoms with Crippen LogP contribution in [0.25, 0.3) is 10.8 Å². The predicted octanol–water partition coefficient (Wildman–Crippen LogP) is 6.56. The molecule has 0 heterocycles. The van der Waals surface area contributed by atoms with Crippen molar-refractivity contribution in [2.45, 2.75) is 31.6 Å². The highest BCUT2D eigenvalue weighted by atomic mass is 19.2. The van der Waals surface area contributed by atoms with Crippen LogP contribution in [-0.2, 0) is 0 Å². The summed E-state index contributed by atoms with van der Waals surface area (Å²) in [5.74, 6) is 7.01. The molecule has 29 heavy (non-hydrogen) atoms. The molecule has 0 saturated heterocycles. The number of hydrogen-bond donors (Lipinski definition) is 0. The number of halogens is 3. The second kappa shape index (κ2) is 8.06. The Bertz CT molecular complexity index is 1170. The van der Waals surface area contributed by atoms with E-state index in [1.165, 1.54) is 0 Å². The fourth-order valence-electron chi connectivity index (χ4n) is 3.99. The monoisotopic (exact) mass is 388 g/mol. The summed E-state index contributed by atoms with van der Waals surface area (Å²) in [5, 5.41) is 1.05. The molecule has 0 spiro atoms. The standard InChI is InChI=1S/C26H19F3/c1-2-17-6-8-18(9-7-17)21-13-12-20(24(27)14-21)11-10-19-4-3-5-22-15-25(28)26(29)16-23(19)22/h1,3-5,12-18H,6-9H2. The first kappa shape index (κ1) is 19.2. The van der Waals surface area contributed by atoms with Crippen LogP contribution in [0.5, 0.6) is 0 Å². The summed E-state index contributed by atoms with van der Waals surface area (Å²) in [7, 11) is 0. The summed E-state index contributed by atoms with van der Waals surface area (Å²) >= 11 is 0. The lowest BCUT2D eigenvalue weighted by Crippen LogP contribution is -2.12. The van der Waals surface area contributed by atoms with Crippen LogP contribution in [0.15, 0.2) is 48.5 Å². The first-order valence-electron chi connectivity index (χ1n) is 9.70. The first-order chi connectivity index (χ1) is 14.0. The summed E-state index contributed by atoms with van der Waals surface area (Å²) in [6.07, 6.45) is 9.39. The van der Waals surface area contributed by atoms with E-state index in [0.717, 1.165) is 43.4 Å². The zero-order chi connectivity index (χ0) is 20.4. The molecule has 1 fully saturated rings. The molecule has 0 bridgehead atoms. The molecular weight excluding hydrogens is 369 g/mol. The third-order valence-electron chi connectivity index (χ3n) is 5.68. The van der Waals surface area contributed by atoms with Crippen LogP contribution < -0.4 is 0 Å². The summed E-state index contributed by atoms with van der Waals surface area (Å²) in [6.45, 7) is 0. The van der Waals surface area contributed by atoms with Crippen molar-refractivity contribution < 1.29 is 13.2 Å². The largest absolute Gasteiger partial charge is 0.206 e. The van der Waals surface area contributed by atoms with Crippen molar-refractivity contribution in [1.29, 1.82) is 0 Å². The van der Waals surface area contributed by atoms with E-state index in [1.807, 2.05) is 6.07 Å². The number of fused-ring (bicyclic) bond motifs is 1. The van der Waals surface area contributed by atoms with Crippen LogP contribution in [-0.4, -0.2) is 0 Å². The molecule has 3 heteroatoms. The third kappa shape index (κ3) is 4.01. The SMILES string of the molecule is C#CC1CCC(c2ccc(C#Cc3cccc4cc(F)c(F)cc34)c(F)c2)CC1. The van der Waals surface area contributed by atoms with Crippen LogP contribution >= 0.6 is 0 Å². The van der Waals surface area contributed by atoms with Crippen molar-refractivity contribution in [2.24, 2.45) is 5.92 Å². The van der Waals surface area contributed by atoms with Crippen molar-refractivity contribution in [3.8, 4) is 24.2 Å². The Kier molecular flexibility index (Phi) is 5.32. The van der Waals surface area contributed by atoms with Gasteiger partial charge in [0, 0.05) is 16.9 Å². The van der Waals surface area contributed by atoms with E-state index < -0.39 is 11.6 Å². The molecule has 0 radical (unpaired) electrons. The van der Waals surface area contributed by atoms with Gasteiger partial charge in [0.15, 0.2) is 11.6 Å². The van der Waals surface area contributed by atoms with Gasteiger partial charge < -0.3 is 0 Å². The summed E-state index contributed by atoms with van der Waals surface area (Å²) in [5.41, 5.74) is 1.79. The van der Waals surface area contributed by atoms with Crippen LogP contribution in [0.1, 0.15) is 48.3 Å². The summed E-state index contributed by atoms with van der Waals surface area (Å²) in [6, 6.07) is 12.6. The van der Waals surface area contributed by atoms with Gasteiger partial charge in [-0.25, -0.2) is 13.2 Å². The van der Waals surface area contributed by atoms with E-state index in [9.17, 15) is 13.2 Å². The van der Waals surface area contributed by atoms with E-state index in [2.05, 4.69) is 17.8 Å². The molecule has 0 aromatic heterocycles. The van der Waals surface area contributed by atoms with E-state index in [1.54, 1.807) is 30.3 Å². The van der Waals surface area contributed by atoms with Crippen molar-refractivity contribution in [1.82, 2.24) is 0 Å². The maximum Gasteiger partial charge on any atom is 0.159 e. The third-order valence-corrected chi connectivity index (χ3v) is 5.68. The molecule has 0 nitrogen and oxygen atoms in total. The highest BCUT2D eigenvalue weighted by Gasteiger charge is 2.21. The molecule has 3 aromatic carbocycles. The topological polar surface area (TPSA) is 0 Å². The molecule has 0 N–H and O–H groups in total. The normalized spacial score (nSPS) is 18.7. The van der Waals surface area contributed by atoms with Crippen LogP contribution in [0.3, 0.4) is 0 Å². The Labute approximate surface area is 168 Å². The molecule has 0 aliphatic heterocycles. The lowest BCUT2D eigenvalue weighted by molar-refractivity contribution is 0.384. The zero-order valence-corrected chi connectivity index (χ0v) is 15.8. The fraction of sp³-hybridized carbons (Fsp3) is 0.231. The number of hydrogen-bond acceptors (Lipinski definition) is 0. The maximum atomic E-state index is 14.6. The smallest absolute Gasteiger partial charge is 0.159 e. The number of rotatable bonds is 1. The fourth-order valence-corrected chi connectivity index (χ4v) is 3.99. The maximum absolute atomic E-state index is 14.6. The van der Waals surface area contributed by atoms with E-state index in [-0.39, 0.29) is 11.4 Å². The number of terminal acetylenes is 1. The van der Waals surface area contributed by atoms with Crippen LogP contribution in [0.2, 0.25) is 0 Å².